The van der Waals surface area contributed by atoms with Gasteiger partial charge in [-0.15, -0.1) is 0 Å². The first-order chi connectivity index (χ1) is 24.3. The van der Waals surface area contributed by atoms with Crippen molar-refractivity contribution in [1.29, 1.82) is 0 Å². The highest BCUT2D eigenvalue weighted by atomic mass is 16.5. The van der Waals surface area contributed by atoms with Crippen molar-refractivity contribution in [3.05, 3.63) is 99.4 Å². The summed E-state index contributed by atoms with van der Waals surface area (Å²) in [6.07, 6.45) is 12.7. The second-order valence-corrected chi connectivity index (χ2v) is 11.2. The number of carbonyl (C=O) groups is 1. The summed E-state index contributed by atoms with van der Waals surface area (Å²) in [4.78, 5) is 36.1. The van der Waals surface area contributed by atoms with E-state index in [1.807, 2.05) is 77.9 Å². The van der Waals surface area contributed by atoms with Gasteiger partial charge in [-0.05, 0) is 62.7 Å². The van der Waals surface area contributed by atoms with Gasteiger partial charge in [0, 0.05) is 55.4 Å². The maximum Gasteiger partial charge on any atom is 0.261 e. The first-order valence-corrected chi connectivity index (χ1v) is 17.7. The summed E-state index contributed by atoms with van der Waals surface area (Å²) in [6, 6.07) is 8.11. The molecule has 50 heavy (non-hydrogen) atoms. The molecule has 1 aliphatic heterocycles. The van der Waals surface area contributed by atoms with Crippen molar-refractivity contribution >= 4 is 29.6 Å². The van der Waals surface area contributed by atoms with Gasteiger partial charge in [0.2, 0.25) is 0 Å². The number of aliphatic imine (C=N–C) groups is 2. The Hall–Kier alpha value is -4.25. The third kappa shape index (κ3) is 12.6. The fraction of sp³-hybridized carbons (Fsp3) is 0.475. The second-order valence-electron chi connectivity index (χ2n) is 11.2. The molecule has 2 N–H and O–H groups in total. The van der Waals surface area contributed by atoms with Crippen molar-refractivity contribution in [2.75, 3.05) is 26.9 Å². The van der Waals surface area contributed by atoms with Crippen LogP contribution in [0, 0.1) is 6.92 Å². The molecule has 2 heterocycles. The highest BCUT2D eigenvalue weighted by Gasteiger charge is 2.19. The van der Waals surface area contributed by atoms with Gasteiger partial charge in [0.15, 0.2) is 5.84 Å². The van der Waals surface area contributed by atoms with E-state index in [2.05, 4.69) is 30.9 Å². The number of aryl methyl sites for hydroxylation is 2. The van der Waals surface area contributed by atoms with Crippen LogP contribution in [0.25, 0.3) is 11.3 Å². The van der Waals surface area contributed by atoms with Gasteiger partial charge in [-0.2, -0.15) is 0 Å². The summed E-state index contributed by atoms with van der Waals surface area (Å²) in [7, 11) is 1.61. The first kappa shape index (κ1) is 43.8. The van der Waals surface area contributed by atoms with E-state index in [4.69, 9.17) is 24.2 Å². The van der Waals surface area contributed by atoms with Crippen LogP contribution in [0.4, 0.5) is 0 Å². The van der Waals surface area contributed by atoms with Gasteiger partial charge in [-0.25, -0.2) is 4.98 Å². The molecule has 1 saturated heterocycles. The van der Waals surface area contributed by atoms with Crippen molar-refractivity contribution < 1.29 is 19.5 Å². The molecule has 0 aliphatic carbocycles. The fourth-order valence-corrected chi connectivity index (χ4v) is 5.57. The molecule has 0 unspecified atom stereocenters. The number of amidine groups is 1. The molecule has 0 bridgehead atoms. The van der Waals surface area contributed by atoms with Gasteiger partial charge >= 0.3 is 0 Å². The average molecular weight is 690 g/mol. The number of rotatable bonds is 15. The Morgan fingerprint density at radius 3 is 2.32 bits per heavy atom. The molecular weight excluding hydrogens is 630 g/mol. The zero-order valence-electron chi connectivity index (χ0n) is 31.6. The third-order valence-electron chi connectivity index (χ3n) is 8.12. The zero-order chi connectivity index (χ0) is 37.5. The number of hydroxylamine groups is 1. The van der Waals surface area contributed by atoms with Crippen molar-refractivity contribution in [2.24, 2.45) is 9.98 Å². The van der Waals surface area contributed by atoms with Gasteiger partial charge in [-0.3, -0.25) is 30.0 Å². The summed E-state index contributed by atoms with van der Waals surface area (Å²) in [6.45, 7) is 21.8. The Bertz CT molecular complexity index is 1540. The molecule has 0 spiro atoms. The van der Waals surface area contributed by atoms with Crippen molar-refractivity contribution in [2.45, 2.75) is 99.5 Å². The molecule has 274 valence electrons. The molecule has 2 aromatic rings. The molecule has 10 heteroatoms. The lowest BCUT2D eigenvalue weighted by atomic mass is 9.94. The quantitative estimate of drug-likeness (QED) is 0.0849. The zero-order valence-corrected chi connectivity index (χ0v) is 31.6. The normalized spacial score (nSPS) is 14.7. The number of aromatic nitrogens is 2. The average Bonchev–Trinajstić information content (AvgIpc) is 3.16. The summed E-state index contributed by atoms with van der Waals surface area (Å²) >= 11 is 0. The third-order valence-corrected chi connectivity index (χ3v) is 8.12. The molecule has 0 atom stereocenters. The largest absolute Gasteiger partial charge is 0.381 e. The SMILES string of the molecule is C=C/C=C(C(=NC)NO)\C(=C/C)c1ccc(Cc2c(CCC)nc(C)n(/C(=C/N=C(CC)COC3CCOCC3)CC)c2=O)cc1.C=O.CC. The Balaban J connectivity index is 0.00000301. The van der Waals surface area contributed by atoms with Crippen LogP contribution in [-0.2, 0) is 27.1 Å². The number of hydrogen-bond acceptors (Lipinski definition) is 8. The predicted molar refractivity (Wildman–Crippen MR) is 207 cm³/mol. The van der Waals surface area contributed by atoms with Gasteiger partial charge in [-0.1, -0.05) is 90.1 Å². The van der Waals surface area contributed by atoms with E-state index in [0.29, 0.717) is 42.2 Å². The monoisotopic (exact) mass is 689 g/mol. The molecule has 0 amide bonds. The summed E-state index contributed by atoms with van der Waals surface area (Å²) in [5.41, 5.74) is 8.97. The van der Waals surface area contributed by atoms with Crippen LogP contribution in [0.3, 0.4) is 0 Å². The van der Waals surface area contributed by atoms with Crippen molar-refractivity contribution in [3.63, 3.8) is 0 Å². The van der Waals surface area contributed by atoms with Crippen LogP contribution in [-0.4, -0.2) is 66.1 Å². The number of allylic oxidation sites excluding steroid dienone is 4. The lowest BCUT2D eigenvalue weighted by molar-refractivity contribution is -0.0980. The van der Waals surface area contributed by atoms with E-state index in [1.54, 1.807) is 23.8 Å². The maximum absolute atomic E-state index is 14.2. The predicted octanol–water partition coefficient (Wildman–Crippen LogP) is 7.71. The van der Waals surface area contributed by atoms with E-state index in [-0.39, 0.29) is 11.7 Å². The topological polar surface area (TPSA) is 127 Å². The molecule has 1 aromatic carbocycles. The van der Waals surface area contributed by atoms with Gasteiger partial charge < -0.3 is 14.3 Å². The molecule has 1 aliphatic rings. The number of nitrogens with one attached hydrogen (secondary N) is 1. The highest BCUT2D eigenvalue weighted by Crippen LogP contribution is 2.25. The molecule has 3 rings (SSSR count). The molecule has 1 aromatic heterocycles. The maximum atomic E-state index is 14.2. The number of carbonyl (C=O) groups excluding carboxylic acids is 1. The van der Waals surface area contributed by atoms with Crippen molar-refractivity contribution in [3.8, 4) is 0 Å². The van der Waals surface area contributed by atoms with Crippen LogP contribution in [0.15, 0.2) is 75.6 Å². The van der Waals surface area contributed by atoms with Crippen LogP contribution in [0.2, 0.25) is 0 Å². The number of benzene rings is 1. The molecule has 10 nitrogen and oxygen atoms in total. The molecule has 0 saturated carbocycles. The van der Waals surface area contributed by atoms with Gasteiger partial charge in [0.25, 0.3) is 5.56 Å². The number of ether oxygens (including phenoxy) is 2. The van der Waals surface area contributed by atoms with Crippen LogP contribution in [0.1, 0.15) is 102 Å². The molecule has 1 fully saturated rings. The Labute approximate surface area is 299 Å². The van der Waals surface area contributed by atoms with Crippen LogP contribution in [0.5, 0.6) is 0 Å². The van der Waals surface area contributed by atoms with E-state index >= 15 is 0 Å². The first-order valence-electron chi connectivity index (χ1n) is 17.7. The van der Waals surface area contributed by atoms with Gasteiger partial charge in [0.05, 0.1) is 18.4 Å². The van der Waals surface area contributed by atoms with Crippen molar-refractivity contribution in [1.82, 2.24) is 15.0 Å². The van der Waals surface area contributed by atoms with E-state index in [1.165, 1.54) is 0 Å². The molecular formula is C40H59N5O5. The minimum atomic E-state index is -0.0528. The van der Waals surface area contributed by atoms with E-state index < -0.39 is 0 Å². The number of nitrogens with zero attached hydrogens (tertiary/aromatic N) is 4. The second kappa shape index (κ2) is 24.8. The Morgan fingerprint density at radius 1 is 1.14 bits per heavy atom. The fourth-order valence-electron chi connectivity index (χ4n) is 5.57. The van der Waals surface area contributed by atoms with Crippen LogP contribution < -0.4 is 11.0 Å². The minimum absolute atomic E-state index is 0.0528. The van der Waals surface area contributed by atoms with Crippen LogP contribution >= 0.6 is 0 Å². The summed E-state index contributed by atoms with van der Waals surface area (Å²) < 4.78 is 13.3. The van der Waals surface area contributed by atoms with E-state index in [0.717, 1.165) is 79.1 Å². The van der Waals surface area contributed by atoms with E-state index in [9.17, 15) is 10.0 Å². The smallest absolute Gasteiger partial charge is 0.261 e. The number of hydrogen-bond donors (Lipinski definition) is 2. The standard InChI is InChI=1S/C37H51N5O4.C2H6.CH2O/c1-8-13-33(36(38-7)41-44)32(12-5)28-17-15-27(16-18-28)23-34-35(14-9-2)40-26(6)42(37(34)43)30(11-4)24-39-29(10-3)25-46-31-19-21-45-22-20-31;2*1-2/h8,12-13,15-18,24,31,44H,1,9-11,14,19-23,25H2,2-7H3,(H,38,41);1-2H3;1H2/b30-24+,32-12-,33-13+,39-29?;;. The van der Waals surface area contributed by atoms with Gasteiger partial charge in [0.1, 0.15) is 12.6 Å². The Kier molecular flexibility index (Phi) is 21.7. The minimum Gasteiger partial charge on any atom is -0.381 e. The Morgan fingerprint density at radius 2 is 1.80 bits per heavy atom. The lowest BCUT2D eigenvalue weighted by Gasteiger charge is -2.22. The molecule has 0 radical (unpaired) electrons. The summed E-state index contributed by atoms with van der Waals surface area (Å²) in [5, 5.41) is 9.62. The lowest BCUT2D eigenvalue weighted by Crippen LogP contribution is -2.29. The summed E-state index contributed by atoms with van der Waals surface area (Å²) in [5.74, 6) is 1.01. The highest BCUT2D eigenvalue weighted by molar-refractivity contribution is 6.11.